The molecular weight excluding hydrogens is 1140 g/mol. The van der Waals surface area contributed by atoms with Gasteiger partial charge in [-0.05, 0) is 79.8 Å². The number of fused-ring (bicyclic) bond motifs is 6. The molecule has 396 valence electrons. The Morgan fingerprint density at radius 1 is 0.776 bits per heavy atom. The Morgan fingerprint density at radius 2 is 1.46 bits per heavy atom. The number of hydrogen-bond acceptors (Lipinski definition) is 22. The van der Waals surface area contributed by atoms with Gasteiger partial charge in [0, 0.05) is 27.5 Å². The Balaban J connectivity index is 1.19. The van der Waals surface area contributed by atoms with Crippen molar-refractivity contribution in [3.05, 3.63) is 94.0 Å². The molecular formula is C44H37ClN10O15S6. The van der Waals surface area contributed by atoms with Crippen molar-refractivity contribution in [2.45, 2.75) is 48.0 Å². The molecule has 8 aromatic rings. The van der Waals surface area contributed by atoms with Crippen molar-refractivity contribution in [1.29, 1.82) is 5.26 Å². The molecule has 6 N–H and O–H groups in total. The molecule has 0 fully saturated rings. The molecule has 0 amide bonds. The average molecular weight is 1170 g/mol. The van der Waals surface area contributed by atoms with Crippen LogP contribution in [0.5, 0.6) is 11.6 Å². The zero-order valence-corrected chi connectivity index (χ0v) is 44.6. The molecule has 25 nitrogen and oxygen atoms in total. The summed E-state index contributed by atoms with van der Waals surface area (Å²) in [6.45, 7) is 2.10. The Hall–Kier alpha value is -6.67. The molecule has 0 saturated heterocycles. The zero-order chi connectivity index (χ0) is 55.1. The van der Waals surface area contributed by atoms with E-state index in [9.17, 15) is 67.4 Å². The van der Waals surface area contributed by atoms with E-state index in [1.165, 1.54) is 43.3 Å². The lowest BCUT2D eigenvalue weighted by Gasteiger charge is -2.12. The number of nitriles is 1. The topological polar surface area (TPSA) is 395 Å². The summed E-state index contributed by atoms with van der Waals surface area (Å²) < 4.78 is 142. The summed E-state index contributed by atoms with van der Waals surface area (Å²) in [5, 5.41) is 59.1. The highest BCUT2D eigenvalue weighted by Gasteiger charge is 2.27. The number of aromatic hydroxyl groups is 1. The molecule has 0 unspecified atom stereocenters. The maximum absolute atomic E-state index is 12.4. The molecule has 0 atom stereocenters. The molecule has 76 heavy (non-hydrogen) atoms. The van der Waals surface area contributed by atoms with Crippen LogP contribution in [0.1, 0.15) is 35.1 Å². The average Bonchev–Trinajstić information content (AvgIpc) is 4.00. The van der Waals surface area contributed by atoms with Crippen molar-refractivity contribution in [1.82, 2.24) is 14.4 Å². The smallest absolute Gasteiger partial charge is 0.298 e. The zero-order valence-electron chi connectivity index (χ0n) is 39.0. The van der Waals surface area contributed by atoms with Crippen LogP contribution in [0.4, 0.5) is 33.6 Å². The van der Waals surface area contributed by atoms with E-state index in [-0.39, 0.29) is 108 Å². The molecule has 8 rings (SSSR count). The Bertz CT molecular complexity index is 4320. The van der Waals surface area contributed by atoms with Gasteiger partial charge in [-0.25, -0.2) is 9.97 Å². The lowest BCUT2D eigenvalue weighted by atomic mass is 10.1. The van der Waals surface area contributed by atoms with Crippen molar-refractivity contribution in [3.63, 3.8) is 0 Å². The number of ether oxygens (including phenoxy) is 1. The molecule has 0 bridgehead atoms. The molecule has 5 aromatic carbocycles. The van der Waals surface area contributed by atoms with Crippen LogP contribution in [-0.2, 0) is 47.1 Å². The highest BCUT2D eigenvalue weighted by Crippen LogP contribution is 2.44. The van der Waals surface area contributed by atoms with Gasteiger partial charge in [0.1, 0.15) is 43.9 Å². The third kappa shape index (κ3) is 12.1. The predicted molar refractivity (Wildman–Crippen MR) is 280 cm³/mol. The van der Waals surface area contributed by atoms with E-state index in [1.54, 1.807) is 31.2 Å². The first-order chi connectivity index (χ1) is 35.8. The molecule has 32 heteroatoms. The number of azo groups is 3. The fourth-order valence-corrected chi connectivity index (χ4v) is 12.6. The van der Waals surface area contributed by atoms with E-state index in [1.807, 2.05) is 6.07 Å². The van der Waals surface area contributed by atoms with Crippen molar-refractivity contribution in [2.24, 2.45) is 30.7 Å². The van der Waals surface area contributed by atoms with Gasteiger partial charge in [0.15, 0.2) is 11.3 Å². The van der Waals surface area contributed by atoms with Crippen LogP contribution in [0.25, 0.3) is 37.7 Å². The van der Waals surface area contributed by atoms with Crippen LogP contribution >= 0.6 is 34.7 Å². The van der Waals surface area contributed by atoms with E-state index in [0.717, 1.165) is 33.6 Å². The summed E-state index contributed by atoms with van der Waals surface area (Å²) in [5.74, 6) is -1.84. The normalized spacial score (nSPS) is 12.9. The van der Waals surface area contributed by atoms with Gasteiger partial charge >= 0.3 is 0 Å². The third-order valence-corrected chi connectivity index (χ3v) is 17.0. The molecule has 0 saturated carbocycles. The minimum atomic E-state index is -4.95. The molecule has 3 heterocycles. The van der Waals surface area contributed by atoms with Gasteiger partial charge in [-0.1, -0.05) is 47.2 Å². The number of aryl methyl sites for hydroxylation is 1. The standard InChI is InChI=1S/C44H37ClN10O15S6/c1-22-15-31(51-53-37-23(2)27(20-46)42-47-38-33(55(42)43(37)57)10-9-28(45)41(38)76(67,68)69)34(70-11-5-13-73(58,59)60)18-29(22)49-52-32-16-25(21-56)30(19-35(32)71-12-6-14-74(61,62)63)50-54-44-48-39-36(75(64,65)66)17-24-7-3-4-8-26(24)40(39)72-44/h3-4,7-10,15-19,56-57H,5-6,11-14,21H2,1-2H3,(H,58,59,60)(H,61,62,63)(H,64,65,66)(H,67,68,69). The van der Waals surface area contributed by atoms with E-state index in [0.29, 0.717) is 25.9 Å². The highest BCUT2D eigenvalue weighted by atomic mass is 35.5. The first-order valence-electron chi connectivity index (χ1n) is 21.6. The first kappa shape index (κ1) is 55.6. The van der Waals surface area contributed by atoms with Gasteiger partial charge in [0.2, 0.25) is 11.0 Å². The predicted octanol–water partition coefficient (Wildman–Crippen LogP) is 10.4. The minimum absolute atomic E-state index is 0.00455. The van der Waals surface area contributed by atoms with E-state index in [4.69, 9.17) is 16.3 Å². The number of hydrogen-bond donors (Lipinski definition) is 6. The molecule has 0 radical (unpaired) electrons. The highest BCUT2D eigenvalue weighted by molar-refractivity contribution is 7.99. The van der Waals surface area contributed by atoms with Gasteiger partial charge in [0.05, 0.1) is 57.0 Å². The van der Waals surface area contributed by atoms with Crippen LogP contribution in [-0.4, -0.2) is 100 Å². The molecule has 0 aliphatic carbocycles. The number of pyridine rings is 1. The van der Waals surface area contributed by atoms with Gasteiger partial charge < -0.3 is 14.9 Å². The van der Waals surface area contributed by atoms with Gasteiger partial charge in [-0.15, -0.1) is 37.3 Å². The van der Waals surface area contributed by atoms with Gasteiger partial charge in [0.25, 0.3) is 40.5 Å². The minimum Gasteiger partial charge on any atom is -0.493 e. The molecule has 0 spiro atoms. The second kappa shape index (κ2) is 21.8. The van der Waals surface area contributed by atoms with E-state index >= 15 is 0 Å². The van der Waals surface area contributed by atoms with Gasteiger partial charge in [-0.3, -0.25) is 22.6 Å². The number of rotatable bonds is 19. The Kier molecular flexibility index (Phi) is 15.9. The summed E-state index contributed by atoms with van der Waals surface area (Å²) in [5.41, 5.74) is -0.181. The second-order valence-corrected chi connectivity index (χ2v) is 24.7. The summed E-state index contributed by atoms with van der Waals surface area (Å²) >= 11 is 8.20. The summed E-state index contributed by atoms with van der Waals surface area (Å²) in [7, 11) is -18.4. The number of nitrogens with zero attached hydrogens (tertiary/aromatic N) is 10. The second-order valence-electron chi connectivity index (χ2n) is 16.3. The summed E-state index contributed by atoms with van der Waals surface area (Å²) in [6, 6.07) is 18.3. The van der Waals surface area contributed by atoms with Crippen LogP contribution in [0.2, 0.25) is 5.02 Å². The van der Waals surface area contributed by atoms with Crippen molar-refractivity contribution in [3.8, 4) is 17.7 Å². The largest absolute Gasteiger partial charge is 0.493 e. The van der Waals surface area contributed by atoms with Crippen molar-refractivity contribution >= 4 is 146 Å². The number of benzene rings is 5. The van der Waals surface area contributed by atoms with E-state index in [2.05, 4.69) is 40.7 Å². The summed E-state index contributed by atoms with van der Waals surface area (Å²) in [6.07, 6.45) is -0.202. The van der Waals surface area contributed by atoms with Crippen molar-refractivity contribution < 1.29 is 66.8 Å². The molecule has 3 aromatic heterocycles. The lowest BCUT2D eigenvalue weighted by Crippen LogP contribution is -2.08. The Labute approximate surface area is 444 Å². The fourth-order valence-electron chi connectivity index (χ4n) is 7.61. The number of aromatic nitrogens is 3. The molecule has 0 aliphatic heterocycles. The van der Waals surface area contributed by atoms with Crippen LogP contribution in [0, 0.1) is 25.2 Å². The van der Waals surface area contributed by atoms with Gasteiger partial charge in [-0.2, -0.15) is 44.0 Å². The van der Waals surface area contributed by atoms with E-state index < -0.39 is 74.3 Å². The Morgan fingerprint density at radius 3 is 2.14 bits per heavy atom. The number of thioether (sulfide) groups is 1. The first-order valence-corrected chi connectivity index (χ1v) is 29.9. The van der Waals surface area contributed by atoms with Crippen molar-refractivity contribution in [2.75, 3.05) is 23.9 Å². The maximum atomic E-state index is 12.4. The maximum Gasteiger partial charge on any atom is 0.298 e. The summed E-state index contributed by atoms with van der Waals surface area (Å²) in [4.78, 5) is 7.70. The van der Waals surface area contributed by atoms with Crippen LogP contribution in [0.3, 0.4) is 0 Å². The monoisotopic (exact) mass is 1170 g/mol. The SMILES string of the molecule is Cc1cc(N=Nc2c(C)c(C#N)c3nc4c(S(=O)(=O)O)c(Cl)ccc4n3c2O)c(OCCCS(=O)(=O)O)cc1N=Nc1cc(CO)c(N=Nc2nc3c(S(=O)(=O)O)cc4ccccc4c3s2)cc1SCCCS(=O)(=O)O. The number of thiazole rings is 1. The lowest BCUT2D eigenvalue weighted by molar-refractivity contribution is 0.282. The van der Waals surface area contributed by atoms with Crippen LogP contribution in [0.15, 0.2) is 112 Å². The number of halogens is 1. The molecule has 0 aliphatic rings. The number of aliphatic hydroxyl groups excluding tert-OH is 1. The third-order valence-electron chi connectivity index (χ3n) is 11.1. The number of imidazole rings is 1. The fraction of sp³-hybridized carbons (Fsp3) is 0.205. The number of aliphatic hydroxyl groups is 1. The van der Waals surface area contributed by atoms with Crippen LogP contribution < -0.4 is 4.74 Å². The quantitative estimate of drug-likeness (QED) is 0.0190.